The number of rotatable bonds is 4. The van der Waals surface area contributed by atoms with Gasteiger partial charge in [0.2, 0.25) is 0 Å². The largest absolute Gasteiger partial charge is 0.534 e. The average Bonchev–Trinajstić information content (AvgIpc) is 3.07. The summed E-state index contributed by atoms with van der Waals surface area (Å²) >= 11 is 0. The molecule has 3 aromatic rings. The van der Waals surface area contributed by atoms with Crippen molar-refractivity contribution < 1.29 is 9.22 Å². The second-order valence-electron chi connectivity index (χ2n) is 8.51. The van der Waals surface area contributed by atoms with Gasteiger partial charge < -0.3 is 4.43 Å². The van der Waals surface area contributed by atoms with E-state index in [0.717, 1.165) is 23.3 Å². The molecule has 0 unspecified atom stereocenters. The van der Waals surface area contributed by atoms with E-state index in [-0.39, 0.29) is 10.8 Å². The lowest BCUT2D eigenvalue weighted by molar-refractivity contribution is 0.0994. The molecular formula is C25H26O2Si. The summed E-state index contributed by atoms with van der Waals surface area (Å²) < 4.78 is 7.00. The van der Waals surface area contributed by atoms with Crippen LogP contribution in [0.4, 0.5) is 0 Å². The first kappa shape index (κ1) is 18.7. The Morgan fingerprint density at radius 3 is 1.89 bits per heavy atom. The molecule has 4 rings (SSSR count). The summed E-state index contributed by atoms with van der Waals surface area (Å²) in [4.78, 5) is 12.3. The third kappa shape index (κ3) is 3.10. The van der Waals surface area contributed by atoms with Gasteiger partial charge in [0.05, 0.1) is 0 Å². The Balaban J connectivity index is 1.91. The van der Waals surface area contributed by atoms with E-state index in [1.54, 1.807) is 0 Å². The van der Waals surface area contributed by atoms with Crippen molar-refractivity contribution in [1.29, 1.82) is 0 Å². The quantitative estimate of drug-likeness (QED) is 0.605. The number of carbonyl (C=O) groups excluding carboxylic acids is 1. The van der Waals surface area contributed by atoms with Gasteiger partial charge in [-0.1, -0.05) is 87.5 Å². The SMILES string of the molecule is CC(C)(C)[Si](Oc1ccc2c(c1)C(=O)CC2)(c1ccccc1)c1ccccc1. The van der Waals surface area contributed by atoms with Crippen LogP contribution in [0.3, 0.4) is 0 Å². The first-order valence-corrected chi connectivity index (χ1v) is 11.8. The average molecular weight is 387 g/mol. The van der Waals surface area contributed by atoms with Crippen LogP contribution in [0.15, 0.2) is 78.9 Å². The molecule has 0 amide bonds. The molecule has 0 radical (unpaired) electrons. The maximum Gasteiger partial charge on any atom is 0.319 e. The van der Waals surface area contributed by atoms with Crippen molar-refractivity contribution in [1.82, 2.24) is 0 Å². The van der Waals surface area contributed by atoms with E-state index in [1.807, 2.05) is 24.3 Å². The van der Waals surface area contributed by atoms with Crippen LogP contribution in [0.2, 0.25) is 5.04 Å². The highest BCUT2D eigenvalue weighted by Crippen LogP contribution is 2.38. The summed E-state index contributed by atoms with van der Waals surface area (Å²) in [5, 5.41) is 2.37. The monoisotopic (exact) mass is 386 g/mol. The zero-order valence-corrected chi connectivity index (χ0v) is 17.7. The molecule has 28 heavy (non-hydrogen) atoms. The van der Waals surface area contributed by atoms with Crippen LogP contribution < -0.4 is 14.8 Å². The van der Waals surface area contributed by atoms with Crippen molar-refractivity contribution in [2.24, 2.45) is 0 Å². The van der Waals surface area contributed by atoms with E-state index in [2.05, 4.69) is 75.4 Å². The standard InChI is InChI=1S/C25H26O2Si/c1-25(2,3)28(21-10-6-4-7-11-21,22-12-8-5-9-13-22)27-20-16-14-19-15-17-24(26)23(19)18-20/h4-14,16,18H,15,17H2,1-3H3. The van der Waals surface area contributed by atoms with Gasteiger partial charge in [0.25, 0.3) is 0 Å². The maximum atomic E-state index is 12.3. The summed E-state index contributed by atoms with van der Waals surface area (Å²) in [5.74, 6) is 1.02. The fourth-order valence-corrected chi connectivity index (χ4v) is 8.72. The second kappa shape index (κ2) is 7.06. The molecule has 142 valence electrons. The molecule has 1 aliphatic carbocycles. The Kier molecular flexibility index (Phi) is 4.72. The Morgan fingerprint density at radius 2 is 1.36 bits per heavy atom. The molecule has 0 aromatic heterocycles. The predicted molar refractivity (Wildman–Crippen MR) is 117 cm³/mol. The van der Waals surface area contributed by atoms with E-state index in [9.17, 15) is 4.79 Å². The summed E-state index contributed by atoms with van der Waals surface area (Å²) in [6, 6.07) is 27.2. The van der Waals surface area contributed by atoms with Crippen LogP contribution in [0.1, 0.15) is 43.1 Å². The molecule has 0 fully saturated rings. The minimum absolute atomic E-state index is 0.0985. The van der Waals surface area contributed by atoms with Gasteiger partial charge in [-0.25, -0.2) is 0 Å². The fraction of sp³-hybridized carbons (Fsp3) is 0.240. The lowest BCUT2D eigenvalue weighted by atomic mass is 10.1. The van der Waals surface area contributed by atoms with Crippen LogP contribution in [-0.2, 0) is 6.42 Å². The van der Waals surface area contributed by atoms with Crippen LogP contribution in [0.5, 0.6) is 5.75 Å². The Labute approximate surface area is 168 Å². The molecule has 2 nitrogen and oxygen atoms in total. The van der Waals surface area contributed by atoms with Gasteiger partial charge >= 0.3 is 8.32 Å². The zero-order valence-electron chi connectivity index (χ0n) is 16.7. The Bertz CT molecular complexity index is 949. The molecule has 0 bridgehead atoms. The number of hydrogen-bond acceptors (Lipinski definition) is 2. The van der Waals surface area contributed by atoms with E-state index in [1.165, 1.54) is 10.4 Å². The zero-order chi connectivity index (χ0) is 19.8. The van der Waals surface area contributed by atoms with Crippen molar-refractivity contribution >= 4 is 24.5 Å². The lowest BCUT2D eigenvalue weighted by Gasteiger charge is -2.43. The van der Waals surface area contributed by atoms with Gasteiger partial charge in [0.1, 0.15) is 5.75 Å². The number of hydrogen-bond donors (Lipinski definition) is 0. The Morgan fingerprint density at radius 1 is 0.786 bits per heavy atom. The first-order chi connectivity index (χ1) is 13.4. The van der Waals surface area contributed by atoms with Crippen LogP contribution in [0, 0.1) is 0 Å². The van der Waals surface area contributed by atoms with Gasteiger partial charge in [-0.3, -0.25) is 4.79 Å². The van der Waals surface area contributed by atoms with E-state index in [0.29, 0.717) is 6.42 Å². The van der Waals surface area contributed by atoms with Gasteiger partial charge in [0.15, 0.2) is 5.78 Å². The fourth-order valence-electron chi connectivity index (χ4n) is 4.31. The third-order valence-corrected chi connectivity index (χ3v) is 10.6. The summed E-state index contributed by atoms with van der Waals surface area (Å²) in [7, 11) is -2.66. The first-order valence-electron chi connectivity index (χ1n) is 9.88. The van der Waals surface area contributed by atoms with Gasteiger partial charge in [-0.2, -0.15) is 0 Å². The molecule has 3 heteroatoms. The summed E-state index contributed by atoms with van der Waals surface area (Å²) in [6.45, 7) is 6.78. The number of benzene rings is 3. The highest BCUT2D eigenvalue weighted by Gasteiger charge is 2.52. The van der Waals surface area contributed by atoms with Crippen LogP contribution >= 0.6 is 0 Å². The third-order valence-electron chi connectivity index (χ3n) is 5.69. The number of aryl methyl sites for hydroxylation is 1. The molecule has 1 aliphatic rings. The molecule has 0 atom stereocenters. The molecule has 0 saturated carbocycles. The van der Waals surface area contributed by atoms with Crippen molar-refractivity contribution in [3.05, 3.63) is 90.0 Å². The van der Waals surface area contributed by atoms with Crippen LogP contribution in [0.25, 0.3) is 0 Å². The number of Topliss-reactive ketones (excluding diaryl/α,β-unsaturated/α-hetero) is 1. The van der Waals surface area contributed by atoms with E-state index in [4.69, 9.17) is 4.43 Å². The van der Waals surface area contributed by atoms with Crippen molar-refractivity contribution in [3.8, 4) is 5.75 Å². The van der Waals surface area contributed by atoms with Gasteiger partial charge in [-0.15, -0.1) is 0 Å². The summed E-state index contributed by atoms with van der Waals surface area (Å²) in [6.07, 6.45) is 1.45. The normalized spacial score (nSPS) is 14.0. The minimum Gasteiger partial charge on any atom is -0.534 e. The number of fused-ring (bicyclic) bond motifs is 1. The van der Waals surface area contributed by atoms with Crippen molar-refractivity contribution in [2.45, 2.75) is 38.7 Å². The molecule has 0 saturated heterocycles. The van der Waals surface area contributed by atoms with Crippen LogP contribution in [-0.4, -0.2) is 14.1 Å². The number of ketones is 1. The van der Waals surface area contributed by atoms with Crippen molar-refractivity contribution in [2.75, 3.05) is 0 Å². The Hall–Kier alpha value is -2.65. The highest BCUT2D eigenvalue weighted by atomic mass is 28.4. The van der Waals surface area contributed by atoms with E-state index < -0.39 is 8.32 Å². The molecule has 0 N–H and O–H groups in total. The molecule has 0 aliphatic heterocycles. The maximum absolute atomic E-state index is 12.3. The van der Waals surface area contributed by atoms with Gasteiger partial charge in [-0.05, 0) is 39.5 Å². The predicted octanol–water partition coefficient (Wildman–Crippen LogP) is 4.75. The summed E-state index contributed by atoms with van der Waals surface area (Å²) in [5.41, 5.74) is 1.97. The smallest absolute Gasteiger partial charge is 0.319 e. The number of carbonyl (C=O) groups is 1. The van der Waals surface area contributed by atoms with Crippen molar-refractivity contribution in [3.63, 3.8) is 0 Å². The minimum atomic E-state index is -2.66. The molecule has 0 spiro atoms. The highest BCUT2D eigenvalue weighted by molar-refractivity contribution is 7.00. The lowest BCUT2D eigenvalue weighted by Crippen LogP contribution is -2.68. The second-order valence-corrected chi connectivity index (χ2v) is 12.7. The van der Waals surface area contributed by atoms with Gasteiger partial charge in [0, 0.05) is 12.0 Å². The molecule has 3 aromatic carbocycles. The topological polar surface area (TPSA) is 26.3 Å². The van der Waals surface area contributed by atoms with E-state index >= 15 is 0 Å². The molecular weight excluding hydrogens is 360 g/mol. The molecule has 0 heterocycles.